The first-order valence-electron chi connectivity index (χ1n) is 5.84. The number of aliphatic hydroxyl groups excluding tert-OH is 2. The zero-order valence-electron chi connectivity index (χ0n) is 10.3. The summed E-state index contributed by atoms with van der Waals surface area (Å²) in [6, 6.07) is 8.37. The predicted octanol–water partition coefficient (Wildman–Crippen LogP) is 3.02. The van der Waals surface area contributed by atoms with Gasteiger partial charge in [-0.3, -0.25) is 0 Å². The van der Waals surface area contributed by atoms with E-state index in [1.54, 1.807) is 11.8 Å². The van der Waals surface area contributed by atoms with Crippen molar-refractivity contribution < 1.29 is 10.2 Å². The lowest BCUT2D eigenvalue weighted by atomic mass is 10.4. The van der Waals surface area contributed by atoms with Gasteiger partial charge in [0.05, 0.1) is 12.7 Å². The highest BCUT2D eigenvalue weighted by Gasteiger charge is 2.04. The second kappa shape index (κ2) is 8.03. The first kappa shape index (κ1) is 14.9. The summed E-state index contributed by atoms with van der Waals surface area (Å²) in [6.45, 7) is 4.25. The molecule has 0 heterocycles. The summed E-state index contributed by atoms with van der Waals surface area (Å²) < 4.78 is 0. The van der Waals surface area contributed by atoms with Crippen molar-refractivity contribution in [2.75, 3.05) is 12.4 Å². The van der Waals surface area contributed by atoms with Gasteiger partial charge in [0.25, 0.3) is 0 Å². The average Bonchev–Trinajstić information content (AvgIpc) is 2.37. The van der Waals surface area contributed by atoms with Crippen molar-refractivity contribution in [2.45, 2.75) is 41.4 Å². The van der Waals surface area contributed by atoms with Gasteiger partial charge in [-0.15, -0.1) is 23.5 Å². The Morgan fingerprint density at radius 2 is 1.76 bits per heavy atom. The molecule has 0 saturated carbocycles. The number of aliphatic hydroxyl groups is 2. The molecule has 2 nitrogen and oxygen atoms in total. The molecule has 2 atom stereocenters. The van der Waals surface area contributed by atoms with Gasteiger partial charge >= 0.3 is 0 Å². The molecule has 0 aromatic heterocycles. The van der Waals surface area contributed by atoms with E-state index in [4.69, 9.17) is 5.11 Å². The van der Waals surface area contributed by atoms with E-state index >= 15 is 0 Å². The second-order valence-electron chi connectivity index (χ2n) is 3.96. The van der Waals surface area contributed by atoms with Gasteiger partial charge in [-0.25, -0.2) is 0 Å². The van der Waals surface area contributed by atoms with Crippen LogP contribution in [0, 0.1) is 0 Å². The molecule has 0 radical (unpaired) electrons. The third kappa shape index (κ3) is 5.82. The van der Waals surface area contributed by atoms with Crippen molar-refractivity contribution in [3.63, 3.8) is 0 Å². The van der Waals surface area contributed by atoms with E-state index in [9.17, 15) is 5.11 Å². The van der Waals surface area contributed by atoms with Crippen LogP contribution in [0.15, 0.2) is 34.1 Å². The molecule has 17 heavy (non-hydrogen) atoms. The van der Waals surface area contributed by atoms with Crippen molar-refractivity contribution >= 4 is 23.5 Å². The van der Waals surface area contributed by atoms with E-state index in [1.807, 2.05) is 11.8 Å². The molecule has 1 aromatic carbocycles. The Morgan fingerprint density at radius 3 is 2.29 bits per heavy atom. The lowest BCUT2D eigenvalue weighted by molar-refractivity contribution is 0.113. The summed E-state index contributed by atoms with van der Waals surface area (Å²) in [5, 5.41) is 18.6. The molecule has 0 aliphatic carbocycles. The van der Waals surface area contributed by atoms with Crippen LogP contribution < -0.4 is 0 Å². The monoisotopic (exact) mass is 272 g/mol. The molecule has 0 aliphatic rings. The third-order valence-electron chi connectivity index (χ3n) is 2.39. The van der Waals surface area contributed by atoms with Crippen molar-refractivity contribution in [3.8, 4) is 0 Å². The molecular formula is C13H20O2S2. The number of benzene rings is 1. The molecule has 0 spiro atoms. The fourth-order valence-corrected chi connectivity index (χ4v) is 2.92. The summed E-state index contributed by atoms with van der Waals surface area (Å²) >= 11 is 3.45. The van der Waals surface area contributed by atoms with Crippen LogP contribution in [0.1, 0.15) is 20.3 Å². The smallest absolute Gasteiger partial charge is 0.0864 e. The van der Waals surface area contributed by atoms with E-state index in [-0.39, 0.29) is 6.61 Å². The van der Waals surface area contributed by atoms with E-state index in [0.717, 1.165) is 4.90 Å². The fourth-order valence-electron chi connectivity index (χ4n) is 1.18. The topological polar surface area (TPSA) is 40.5 Å². The molecule has 0 bridgehead atoms. The van der Waals surface area contributed by atoms with Gasteiger partial charge in [0.15, 0.2) is 0 Å². The first-order chi connectivity index (χ1) is 8.15. The third-order valence-corrected chi connectivity index (χ3v) is 4.83. The largest absolute Gasteiger partial charge is 0.394 e. The van der Waals surface area contributed by atoms with E-state index in [2.05, 4.69) is 38.1 Å². The number of thioether (sulfide) groups is 2. The maximum Gasteiger partial charge on any atom is 0.0864 e. The zero-order valence-corrected chi connectivity index (χ0v) is 11.9. The highest BCUT2D eigenvalue weighted by Crippen LogP contribution is 2.27. The quantitative estimate of drug-likeness (QED) is 0.749. The van der Waals surface area contributed by atoms with Crippen LogP contribution in [-0.2, 0) is 0 Å². The van der Waals surface area contributed by atoms with Crippen LogP contribution in [0.25, 0.3) is 0 Å². The van der Waals surface area contributed by atoms with Gasteiger partial charge in [-0.2, -0.15) is 0 Å². The molecular weight excluding hydrogens is 252 g/mol. The predicted molar refractivity (Wildman–Crippen MR) is 75.9 cm³/mol. The molecule has 2 unspecified atom stereocenters. The van der Waals surface area contributed by atoms with E-state index in [1.165, 1.54) is 11.3 Å². The molecule has 1 aromatic rings. The van der Waals surface area contributed by atoms with Crippen LogP contribution in [0.2, 0.25) is 0 Å². The van der Waals surface area contributed by atoms with Gasteiger partial charge in [0, 0.05) is 20.8 Å². The highest BCUT2D eigenvalue weighted by molar-refractivity contribution is 8.00. The lowest BCUT2D eigenvalue weighted by Gasteiger charge is -2.09. The molecule has 0 saturated heterocycles. The van der Waals surface area contributed by atoms with Crippen LogP contribution in [0.3, 0.4) is 0 Å². The van der Waals surface area contributed by atoms with Gasteiger partial charge in [0.2, 0.25) is 0 Å². The first-order valence-corrected chi connectivity index (χ1v) is 7.70. The van der Waals surface area contributed by atoms with Crippen LogP contribution in [0.5, 0.6) is 0 Å². The normalized spacial score (nSPS) is 14.6. The highest BCUT2D eigenvalue weighted by atomic mass is 32.2. The van der Waals surface area contributed by atoms with Crippen LogP contribution in [0.4, 0.5) is 0 Å². The minimum Gasteiger partial charge on any atom is -0.394 e. The molecule has 0 fully saturated rings. The maximum absolute atomic E-state index is 9.25. The average molecular weight is 272 g/mol. The maximum atomic E-state index is 9.25. The summed E-state index contributed by atoms with van der Waals surface area (Å²) in [7, 11) is 0. The van der Waals surface area contributed by atoms with Crippen molar-refractivity contribution in [3.05, 3.63) is 24.3 Å². The molecule has 0 aliphatic heterocycles. The number of rotatable bonds is 7. The van der Waals surface area contributed by atoms with E-state index < -0.39 is 6.10 Å². The molecule has 96 valence electrons. The number of hydrogen-bond acceptors (Lipinski definition) is 4. The zero-order chi connectivity index (χ0) is 12.7. The molecule has 0 amide bonds. The SMILES string of the molecule is CCC(C)Sc1ccc(SCC(O)CO)cc1. The fraction of sp³-hybridized carbons (Fsp3) is 0.538. The Hall–Kier alpha value is -0.160. The Kier molecular flexibility index (Phi) is 7.04. The Morgan fingerprint density at radius 1 is 1.18 bits per heavy atom. The summed E-state index contributed by atoms with van der Waals surface area (Å²) in [5.41, 5.74) is 0. The van der Waals surface area contributed by atoms with Crippen LogP contribution in [-0.4, -0.2) is 33.9 Å². The number of hydrogen-bond donors (Lipinski definition) is 2. The van der Waals surface area contributed by atoms with E-state index in [0.29, 0.717) is 11.0 Å². The van der Waals surface area contributed by atoms with Crippen molar-refractivity contribution in [1.29, 1.82) is 0 Å². The molecule has 1 rings (SSSR count). The van der Waals surface area contributed by atoms with Crippen molar-refractivity contribution in [1.82, 2.24) is 0 Å². The Labute approximate surface area is 112 Å². The summed E-state index contributed by atoms with van der Waals surface area (Å²) in [5.74, 6) is 0.536. The van der Waals surface area contributed by atoms with Gasteiger partial charge in [-0.1, -0.05) is 13.8 Å². The van der Waals surface area contributed by atoms with Gasteiger partial charge < -0.3 is 10.2 Å². The molecule has 4 heteroatoms. The van der Waals surface area contributed by atoms with Gasteiger partial charge in [0.1, 0.15) is 0 Å². The minimum absolute atomic E-state index is 0.172. The molecule has 2 N–H and O–H groups in total. The minimum atomic E-state index is -0.630. The Bertz CT molecular complexity index is 314. The lowest BCUT2D eigenvalue weighted by Crippen LogP contribution is -2.14. The van der Waals surface area contributed by atoms with Crippen LogP contribution >= 0.6 is 23.5 Å². The summed E-state index contributed by atoms with van der Waals surface area (Å²) in [4.78, 5) is 2.41. The second-order valence-corrected chi connectivity index (χ2v) is 6.56. The summed E-state index contributed by atoms with van der Waals surface area (Å²) in [6.07, 6.45) is 0.540. The van der Waals surface area contributed by atoms with Crippen molar-refractivity contribution in [2.24, 2.45) is 0 Å². The Balaban J connectivity index is 2.44. The standard InChI is InChI=1S/C13H20O2S2/c1-3-10(2)17-13-6-4-12(5-7-13)16-9-11(15)8-14/h4-7,10-11,14-15H,3,8-9H2,1-2H3. The van der Waals surface area contributed by atoms with Gasteiger partial charge in [-0.05, 0) is 30.7 Å².